The van der Waals surface area contributed by atoms with Gasteiger partial charge in [-0.05, 0) is 32.4 Å². The second-order valence-corrected chi connectivity index (χ2v) is 5.93. The van der Waals surface area contributed by atoms with Gasteiger partial charge in [0.1, 0.15) is 0 Å². The summed E-state index contributed by atoms with van der Waals surface area (Å²) in [5.41, 5.74) is 0.416. The highest BCUT2D eigenvalue weighted by Crippen LogP contribution is 2.17. The molecule has 1 N–H and O–H groups in total. The lowest BCUT2D eigenvalue weighted by molar-refractivity contribution is 0.0367. The molecule has 0 unspecified atom stereocenters. The quantitative estimate of drug-likeness (QED) is 0.912. The molecule has 0 aliphatic heterocycles. The zero-order valence-electron chi connectivity index (χ0n) is 13.4. The van der Waals surface area contributed by atoms with Gasteiger partial charge >= 0.3 is 0 Å². The molecule has 0 radical (unpaired) electrons. The monoisotopic (exact) mass is 302 g/mol. The lowest BCUT2D eigenvalue weighted by Gasteiger charge is -2.25. The Hall–Kier alpha value is -2.21. The van der Waals surface area contributed by atoms with Crippen LogP contribution in [0.1, 0.15) is 36.8 Å². The Kier molecular flexibility index (Phi) is 4.61. The van der Waals surface area contributed by atoms with E-state index >= 15 is 0 Å². The summed E-state index contributed by atoms with van der Waals surface area (Å²) in [7, 11) is 1.68. The Balaban J connectivity index is 2.33. The molecule has 6 nitrogen and oxygen atoms in total. The van der Waals surface area contributed by atoms with E-state index in [9.17, 15) is 9.90 Å². The van der Waals surface area contributed by atoms with Crippen molar-refractivity contribution >= 4 is 5.91 Å². The van der Waals surface area contributed by atoms with Gasteiger partial charge in [-0.15, -0.1) is 0 Å². The largest absolute Gasteiger partial charge is 0.389 e. The third kappa shape index (κ3) is 3.51. The van der Waals surface area contributed by atoms with Crippen LogP contribution in [0, 0.1) is 0 Å². The summed E-state index contributed by atoms with van der Waals surface area (Å²) in [6.07, 6.45) is 3.92. The number of aromatic nitrogens is 3. The second kappa shape index (κ2) is 6.27. The fraction of sp³-hybridized carbons (Fsp3) is 0.438. The molecule has 0 aliphatic rings. The maximum absolute atomic E-state index is 12.6. The van der Waals surface area contributed by atoms with Crippen molar-refractivity contribution in [1.29, 1.82) is 0 Å². The number of carbonyl (C=O) groups is 1. The van der Waals surface area contributed by atoms with Crippen LogP contribution in [0.15, 0.2) is 30.6 Å². The first-order valence-electron chi connectivity index (χ1n) is 7.29. The third-order valence-corrected chi connectivity index (χ3v) is 3.27. The first-order valence-corrected chi connectivity index (χ1v) is 7.29. The van der Waals surface area contributed by atoms with Crippen molar-refractivity contribution in [2.75, 3.05) is 13.6 Å². The van der Waals surface area contributed by atoms with Crippen molar-refractivity contribution in [1.82, 2.24) is 19.7 Å². The first-order chi connectivity index (χ1) is 10.3. The number of aliphatic hydroxyl groups is 1. The zero-order chi connectivity index (χ0) is 16.3. The summed E-state index contributed by atoms with van der Waals surface area (Å²) < 4.78 is 1.69. The lowest BCUT2D eigenvalue weighted by Crippen LogP contribution is -2.39. The Bertz CT molecular complexity index is 644. The van der Waals surface area contributed by atoms with Gasteiger partial charge in [-0.25, -0.2) is 9.67 Å². The van der Waals surface area contributed by atoms with Crippen molar-refractivity contribution in [2.24, 2.45) is 0 Å². The highest BCUT2D eigenvalue weighted by Gasteiger charge is 2.24. The number of hydrogen-bond donors (Lipinski definition) is 1. The number of carbonyl (C=O) groups excluding carboxylic acids is 1. The summed E-state index contributed by atoms with van der Waals surface area (Å²) >= 11 is 0. The minimum absolute atomic E-state index is 0.152. The van der Waals surface area contributed by atoms with E-state index in [2.05, 4.69) is 10.1 Å². The maximum Gasteiger partial charge on any atom is 0.257 e. The van der Waals surface area contributed by atoms with Crippen LogP contribution >= 0.6 is 0 Å². The summed E-state index contributed by atoms with van der Waals surface area (Å²) in [5, 5.41) is 14.2. The van der Waals surface area contributed by atoms with Crippen LogP contribution in [0.4, 0.5) is 0 Å². The third-order valence-electron chi connectivity index (χ3n) is 3.27. The van der Waals surface area contributed by atoms with E-state index in [-0.39, 0.29) is 12.5 Å². The Labute approximate surface area is 130 Å². The molecule has 0 saturated heterocycles. The molecule has 118 valence electrons. The van der Waals surface area contributed by atoms with E-state index < -0.39 is 5.60 Å². The van der Waals surface area contributed by atoms with Gasteiger partial charge in [-0.2, -0.15) is 5.10 Å². The highest BCUT2D eigenvalue weighted by molar-refractivity contribution is 5.95. The Morgan fingerprint density at radius 1 is 1.41 bits per heavy atom. The van der Waals surface area contributed by atoms with Crippen molar-refractivity contribution in [3.63, 3.8) is 0 Å². The molecule has 2 aromatic heterocycles. The predicted molar refractivity (Wildman–Crippen MR) is 84.0 cm³/mol. The molecule has 0 spiro atoms. The molecule has 0 aromatic carbocycles. The van der Waals surface area contributed by atoms with Gasteiger partial charge in [-0.1, -0.05) is 13.0 Å². The van der Waals surface area contributed by atoms with Gasteiger partial charge in [0.05, 0.1) is 23.1 Å². The Morgan fingerprint density at radius 2 is 2.14 bits per heavy atom. The molecule has 0 fully saturated rings. The van der Waals surface area contributed by atoms with Gasteiger partial charge < -0.3 is 10.0 Å². The fourth-order valence-electron chi connectivity index (χ4n) is 2.43. The molecule has 2 aromatic rings. The number of likely N-dealkylation sites (N-methyl/N-ethyl adjacent to an activating group) is 1. The fourth-order valence-corrected chi connectivity index (χ4v) is 2.43. The van der Waals surface area contributed by atoms with E-state index in [1.54, 1.807) is 38.0 Å². The SMILES string of the molecule is CCc1c(C(=O)N(C)CC(C)(C)O)cnn1-c1ccccn1. The van der Waals surface area contributed by atoms with Gasteiger partial charge in [0, 0.05) is 19.8 Å². The summed E-state index contributed by atoms with van der Waals surface area (Å²) in [6.45, 7) is 5.58. The van der Waals surface area contributed by atoms with Crippen LogP contribution < -0.4 is 0 Å². The molecule has 0 bridgehead atoms. The number of rotatable bonds is 5. The molecule has 2 rings (SSSR count). The summed E-state index contributed by atoms with van der Waals surface area (Å²) in [4.78, 5) is 18.4. The van der Waals surface area contributed by atoms with E-state index in [1.807, 2.05) is 25.1 Å². The van der Waals surface area contributed by atoms with Crippen molar-refractivity contribution in [3.05, 3.63) is 41.9 Å². The summed E-state index contributed by atoms with van der Waals surface area (Å²) in [5.74, 6) is 0.532. The zero-order valence-corrected chi connectivity index (χ0v) is 13.4. The van der Waals surface area contributed by atoms with E-state index in [4.69, 9.17) is 0 Å². The molecule has 0 aliphatic carbocycles. The highest BCUT2D eigenvalue weighted by atomic mass is 16.3. The van der Waals surface area contributed by atoms with Crippen LogP contribution in [0.25, 0.3) is 5.82 Å². The van der Waals surface area contributed by atoms with Crippen LogP contribution in [-0.4, -0.2) is 49.9 Å². The molecular formula is C16H22N4O2. The molecule has 0 saturated carbocycles. The van der Waals surface area contributed by atoms with Gasteiger partial charge in [-0.3, -0.25) is 4.79 Å². The van der Waals surface area contributed by atoms with Gasteiger partial charge in [0.25, 0.3) is 5.91 Å². The molecule has 2 heterocycles. The van der Waals surface area contributed by atoms with Crippen LogP contribution in [0.5, 0.6) is 0 Å². The molecule has 22 heavy (non-hydrogen) atoms. The molecule has 1 amide bonds. The van der Waals surface area contributed by atoms with Crippen molar-refractivity contribution in [2.45, 2.75) is 32.8 Å². The van der Waals surface area contributed by atoms with E-state index in [0.717, 1.165) is 5.69 Å². The summed E-state index contributed by atoms with van der Waals surface area (Å²) in [6, 6.07) is 5.56. The number of pyridine rings is 1. The minimum Gasteiger partial charge on any atom is -0.389 e. The number of hydrogen-bond acceptors (Lipinski definition) is 4. The maximum atomic E-state index is 12.6. The van der Waals surface area contributed by atoms with Crippen molar-refractivity contribution in [3.8, 4) is 5.82 Å². The predicted octanol–water partition coefficient (Wildman–Crippen LogP) is 1.67. The van der Waals surface area contributed by atoms with Crippen LogP contribution in [0.3, 0.4) is 0 Å². The second-order valence-electron chi connectivity index (χ2n) is 5.93. The average Bonchev–Trinajstić information content (AvgIpc) is 2.89. The van der Waals surface area contributed by atoms with Crippen molar-refractivity contribution < 1.29 is 9.90 Å². The van der Waals surface area contributed by atoms with Crippen LogP contribution in [-0.2, 0) is 6.42 Å². The topological polar surface area (TPSA) is 71.2 Å². The van der Waals surface area contributed by atoms with Crippen LogP contribution in [0.2, 0.25) is 0 Å². The average molecular weight is 302 g/mol. The molecule has 0 atom stereocenters. The smallest absolute Gasteiger partial charge is 0.257 e. The van der Waals surface area contributed by atoms with Gasteiger partial charge in [0.15, 0.2) is 5.82 Å². The standard InChI is InChI=1S/C16H22N4O2/c1-5-13-12(15(21)19(4)11-16(2,3)22)10-18-20(13)14-8-6-7-9-17-14/h6-10,22H,5,11H2,1-4H3. The normalized spacial score (nSPS) is 11.5. The lowest BCUT2D eigenvalue weighted by atomic mass is 10.1. The van der Waals surface area contributed by atoms with Gasteiger partial charge in [0.2, 0.25) is 0 Å². The molecular weight excluding hydrogens is 280 g/mol. The first kappa shape index (κ1) is 16.2. The molecule has 6 heteroatoms. The number of amides is 1. The number of nitrogens with zero attached hydrogens (tertiary/aromatic N) is 4. The van der Waals surface area contributed by atoms with E-state index in [1.165, 1.54) is 4.90 Å². The van der Waals surface area contributed by atoms with E-state index in [0.29, 0.717) is 17.8 Å². The minimum atomic E-state index is -0.937. The Morgan fingerprint density at radius 3 is 2.68 bits per heavy atom.